The quantitative estimate of drug-likeness (QED) is 0.240. The van der Waals surface area contributed by atoms with E-state index in [1.165, 1.54) is 0 Å². The normalized spacial score (nSPS) is 10.6. The van der Waals surface area contributed by atoms with E-state index in [0.29, 0.717) is 5.89 Å². The molecule has 0 fully saturated rings. The lowest BCUT2D eigenvalue weighted by atomic mass is 10.1. The highest BCUT2D eigenvalue weighted by atomic mass is 16.4. The lowest BCUT2D eigenvalue weighted by molar-refractivity contribution is 0.589. The summed E-state index contributed by atoms with van der Waals surface area (Å²) in [6.45, 7) is 1.98. The Kier molecular flexibility index (Phi) is 7.63. The molecule has 41 heavy (non-hydrogen) atoms. The minimum Gasteiger partial charge on any atom is -0.435 e. The molecule has 198 valence electrons. The monoisotopic (exact) mass is 531 g/mol. The van der Waals surface area contributed by atoms with Crippen LogP contribution in [0.5, 0.6) is 0 Å². The van der Waals surface area contributed by atoms with E-state index in [1.54, 1.807) is 0 Å². The number of benzene rings is 5. The molecule has 7 rings (SSSR count). The predicted octanol–water partition coefficient (Wildman–Crippen LogP) is 9.73. The number of H-pyrrole nitrogens is 1. The molecular formula is C37H29N3O. The van der Waals surface area contributed by atoms with Gasteiger partial charge in [-0.05, 0) is 19.1 Å². The van der Waals surface area contributed by atoms with Crippen molar-refractivity contribution in [3.05, 3.63) is 157 Å². The number of oxazole rings is 1. The third-order valence-electron chi connectivity index (χ3n) is 6.66. The molecule has 0 unspecified atom stereocenters. The van der Waals surface area contributed by atoms with E-state index in [2.05, 4.69) is 46.4 Å². The van der Waals surface area contributed by atoms with Crippen LogP contribution in [-0.2, 0) is 0 Å². The first-order chi connectivity index (χ1) is 20.3. The van der Waals surface area contributed by atoms with E-state index < -0.39 is 0 Å². The molecule has 4 heteroatoms. The van der Waals surface area contributed by atoms with Gasteiger partial charge >= 0.3 is 0 Å². The Morgan fingerprint density at radius 3 is 1.37 bits per heavy atom. The summed E-state index contributed by atoms with van der Waals surface area (Å²) in [5.74, 6) is 2.38. The molecule has 2 aromatic heterocycles. The van der Waals surface area contributed by atoms with Gasteiger partial charge in [-0.25, -0.2) is 9.97 Å². The van der Waals surface area contributed by atoms with Crippen LogP contribution in [0.1, 0.15) is 5.82 Å². The number of rotatable bonds is 5. The van der Waals surface area contributed by atoms with Crippen molar-refractivity contribution in [2.75, 3.05) is 0 Å². The molecular weight excluding hydrogens is 502 g/mol. The van der Waals surface area contributed by atoms with Crippen molar-refractivity contribution in [1.82, 2.24) is 15.0 Å². The van der Waals surface area contributed by atoms with Gasteiger partial charge in [-0.15, -0.1) is 0 Å². The molecule has 0 saturated heterocycles. The number of aromatic nitrogens is 3. The first kappa shape index (κ1) is 25.8. The Balaban J connectivity index is 0.000000152. The first-order valence-corrected chi connectivity index (χ1v) is 13.6. The molecule has 0 aliphatic heterocycles. The van der Waals surface area contributed by atoms with Gasteiger partial charge in [-0.3, -0.25) is 0 Å². The van der Waals surface area contributed by atoms with Gasteiger partial charge in [-0.1, -0.05) is 140 Å². The number of nitrogens with zero attached hydrogens (tertiary/aromatic N) is 2. The fourth-order valence-electron chi connectivity index (χ4n) is 4.71. The molecule has 2 heterocycles. The van der Waals surface area contributed by atoms with Gasteiger partial charge in [0.25, 0.3) is 0 Å². The highest BCUT2D eigenvalue weighted by Crippen LogP contribution is 2.35. The fourth-order valence-corrected chi connectivity index (χ4v) is 4.71. The second-order valence-electron chi connectivity index (χ2n) is 9.57. The Morgan fingerprint density at radius 2 is 0.854 bits per heavy atom. The van der Waals surface area contributed by atoms with Crippen molar-refractivity contribution in [3.63, 3.8) is 0 Å². The second-order valence-corrected chi connectivity index (χ2v) is 9.57. The minimum absolute atomic E-state index is 0.642. The topological polar surface area (TPSA) is 54.7 Å². The Labute approximate surface area is 240 Å². The van der Waals surface area contributed by atoms with Crippen molar-refractivity contribution in [3.8, 4) is 56.6 Å². The molecule has 0 amide bonds. The van der Waals surface area contributed by atoms with Crippen LogP contribution < -0.4 is 0 Å². The molecule has 1 N–H and O–H groups in total. The van der Waals surface area contributed by atoms with Gasteiger partial charge in [0, 0.05) is 27.8 Å². The lowest BCUT2D eigenvalue weighted by Crippen LogP contribution is -1.82. The van der Waals surface area contributed by atoms with Crippen LogP contribution in [-0.4, -0.2) is 15.0 Å². The summed E-state index contributed by atoms with van der Waals surface area (Å²) < 4.78 is 6.13. The highest BCUT2D eigenvalue weighted by molar-refractivity contribution is 5.79. The standard InChI is InChI=1S/C21H15NO.C16H14N2/c1-4-10-16(11-5-1)19-20(17-12-6-2-7-13-17)23-21(22-19)18-14-8-3-9-15-18;1-12-17-15(13-8-4-2-5-9-13)16(18-12)14-10-6-3-7-11-14/h1-15H;2-11H,1H3,(H,17,18). The van der Waals surface area contributed by atoms with Crippen molar-refractivity contribution in [2.24, 2.45) is 0 Å². The molecule has 0 aliphatic rings. The van der Waals surface area contributed by atoms with Crippen LogP contribution in [0.25, 0.3) is 56.6 Å². The average molecular weight is 532 g/mol. The number of imidazole rings is 1. The molecule has 0 aliphatic carbocycles. The van der Waals surface area contributed by atoms with Crippen LogP contribution in [0.2, 0.25) is 0 Å². The average Bonchev–Trinajstić information content (AvgIpc) is 3.68. The molecule has 0 radical (unpaired) electrons. The summed E-state index contributed by atoms with van der Waals surface area (Å²) in [5, 5.41) is 0. The van der Waals surface area contributed by atoms with Crippen LogP contribution in [0.4, 0.5) is 0 Å². The zero-order valence-corrected chi connectivity index (χ0v) is 22.7. The lowest BCUT2D eigenvalue weighted by Gasteiger charge is -2.02. The summed E-state index contributed by atoms with van der Waals surface area (Å²) in [4.78, 5) is 12.7. The molecule has 0 atom stereocenters. The van der Waals surface area contributed by atoms with Crippen LogP contribution >= 0.6 is 0 Å². The van der Waals surface area contributed by atoms with E-state index in [1.807, 2.05) is 122 Å². The maximum Gasteiger partial charge on any atom is 0.227 e. The number of hydrogen-bond acceptors (Lipinski definition) is 3. The van der Waals surface area contributed by atoms with Gasteiger partial charge in [0.05, 0.1) is 11.4 Å². The van der Waals surface area contributed by atoms with Crippen molar-refractivity contribution >= 4 is 0 Å². The first-order valence-electron chi connectivity index (χ1n) is 13.6. The number of aryl methyl sites for hydroxylation is 1. The van der Waals surface area contributed by atoms with Gasteiger partial charge in [0.1, 0.15) is 11.5 Å². The summed E-state index contributed by atoms with van der Waals surface area (Å²) in [7, 11) is 0. The van der Waals surface area contributed by atoms with E-state index in [0.717, 1.165) is 56.5 Å². The maximum absolute atomic E-state index is 6.13. The summed E-state index contributed by atoms with van der Waals surface area (Å²) in [6.07, 6.45) is 0. The Morgan fingerprint density at radius 1 is 0.439 bits per heavy atom. The Bertz CT molecular complexity index is 1700. The summed E-state index contributed by atoms with van der Waals surface area (Å²) >= 11 is 0. The van der Waals surface area contributed by atoms with Crippen molar-refractivity contribution in [1.29, 1.82) is 0 Å². The predicted molar refractivity (Wildman–Crippen MR) is 167 cm³/mol. The van der Waals surface area contributed by atoms with E-state index in [-0.39, 0.29) is 0 Å². The maximum atomic E-state index is 6.13. The third kappa shape index (κ3) is 5.92. The molecule has 0 bridgehead atoms. The van der Waals surface area contributed by atoms with E-state index in [9.17, 15) is 0 Å². The van der Waals surface area contributed by atoms with Gasteiger partial charge in [0.2, 0.25) is 5.89 Å². The van der Waals surface area contributed by atoms with Gasteiger partial charge < -0.3 is 9.40 Å². The largest absolute Gasteiger partial charge is 0.435 e. The smallest absolute Gasteiger partial charge is 0.227 e. The van der Waals surface area contributed by atoms with Crippen LogP contribution in [0.3, 0.4) is 0 Å². The Hall–Kier alpha value is -5.48. The minimum atomic E-state index is 0.642. The fraction of sp³-hybridized carbons (Fsp3) is 0.0270. The zero-order valence-electron chi connectivity index (χ0n) is 22.7. The number of nitrogens with one attached hydrogen (secondary N) is 1. The molecule has 0 spiro atoms. The third-order valence-corrected chi connectivity index (χ3v) is 6.66. The zero-order chi connectivity index (χ0) is 27.9. The highest BCUT2D eigenvalue weighted by Gasteiger charge is 2.17. The van der Waals surface area contributed by atoms with Gasteiger partial charge in [0.15, 0.2) is 5.76 Å². The van der Waals surface area contributed by atoms with E-state index >= 15 is 0 Å². The van der Waals surface area contributed by atoms with Crippen molar-refractivity contribution in [2.45, 2.75) is 6.92 Å². The molecule has 0 saturated carbocycles. The SMILES string of the molecule is Cc1nc(-c2ccccc2)c(-c2ccccc2)[nH]1.c1ccc(-c2nc(-c3ccccc3)c(-c3ccccc3)o2)cc1. The van der Waals surface area contributed by atoms with Gasteiger partial charge in [-0.2, -0.15) is 0 Å². The molecule has 5 aromatic carbocycles. The molecule has 7 aromatic rings. The van der Waals surface area contributed by atoms with E-state index in [4.69, 9.17) is 9.40 Å². The van der Waals surface area contributed by atoms with Crippen LogP contribution in [0, 0.1) is 6.92 Å². The second kappa shape index (κ2) is 12.1. The number of aromatic amines is 1. The summed E-state index contributed by atoms with van der Waals surface area (Å²) in [6, 6.07) is 50.8. The van der Waals surface area contributed by atoms with Crippen molar-refractivity contribution < 1.29 is 4.42 Å². The summed E-state index contributed by atoms with van der Waals surface area (Å²) in [5.41, 5.74) is 8.33. The molecule has 4 nitrogen and oxygen atoms in total. The number of hydrogen-bond donors (Lipinski definition) is 1. The van der Waals surface area contributed by atoms with Crippen LogP contribution in [0.15, 0.2) is 156 Å².